The van der Waals surface area contributed by atoms with Crippen LogP contribution >= 0.6 is 34.8 Å². The highest BCUT2D eigenvalue weighted by Crippen LogP contribution is 2.47. The summed E-state index contributed by atoms with van der Waals surface area (Å²) in [6, 6.07) is 10.7. The third-order valence-electron chi connectivity index (χ3n) is 9.79. The Labute approximate surface area is 299 Å². The lowest BCUT2D eigenvalue weighted by atomic mass is 9.93. The van der Waals surface area contributed by atoms with Crippen LogP contribution in [0.1, 0.15) is 82.6 Å². The predicted molar refractivity (Wildman–Crippen MR) is 189 cm³/mol. The van der Waals surface area contributed by atoms with Gasteiger partial charge in [-0.05, 0) is 83.1 Å². The van der Waals surface area contributed by atoms with E-state index < -0.39 is 17.5 Å². The number of hydrogen-bond donors (Lipinski definition) is 0. The molecule has 12 heteroatoms. The van der Waals surface area contributed by atoms with Gasteiger partial charge >= 0.3 is 6.09 Å². The minimum atomic E-state index is -0.648. The minimum absolute atomic E-state index is 0.0622. The Hall–Kier alpha value is -3.58. The second-order valence-electron chi connectivity index (χ2n) is 14.3. The molecule has 49 heavy (non-hydrogen) atoms. The van der Waals surface area contributed by atoms with Gasteiger partial charge < -0.3 is 19.1 Å². The fourth-order valence-corrected chi connectivity index (χ4v) is 8.11. The van der Waals surface area contributed by atoms with Gasteiger partial charge in [0.25, 0.3) is 0 Å². The van der Waals surface area contributed by atoms with Crippen LogP contribution in [0.4, 0.5) is 9.18 Å². The Morgan fingerprint density at radius 1 is 1.08 bits per heavy atom. The Balaban J connectivity index is 1.47. The Morgan fingerprint density at radius 2 is 1.86 bits per heavy atom. The Bertz CT molecular complexity index is 2050. The summed E-state index contributed by atoms with van der Waals surface area (Å²) in [5.74, 6) is -0.379. The molecule has 1 aliphatic carbocycles. The zero-order chi connectivity index (χ0) is 34.8. The fourth-order valence-electron chi connectivity index (χ4n) is 7.49. The van der Waals surface area contributed by atoms with E-state index in [0.717, 1.165) is 31.4 Å². The van der Waals surface area contributed by atoms with E-state index in [1.807, 2.05) is 37.8 Å². The van der Waals surface area contributed by atoms with Gasteiger partial charge in [-0.25, -0.2) is 14.2 Å². The SMILES string of the molecule is CC(C)(C)OC(=O)N1CCC(n2c(C3CCCN3C(=O)C3CC3)cc3c(Cl)nc4c(F)c(-c5cccc(Cl)c5Cl)c(CCC#N)cc4c32)C1. The van der Waals surface area contributed by atoms with E-state index >= 15 is 4.39 Å². The number of aryl methyl sites for hydroxylation is 1. The number of carbonyl (C=O) groups is 2. The monoisotopic (exact) mass is 723 g/mol. The molecule has 8 nitrogen and oxygen atoms in total. The van der Waals surface area contributed by atoms with E-state index in [1.165, 1.54) is 0 Å². The Morgan fingerprint density at radius 3 is 2.57 bits per heavy atom. The van der Waals surface area contributed by atoms with Crippen molar-refractivity contribution in [2.45, 2.75) is 83.4 Å². The van der Waals surface area contributed by atoms with E-state index in [9.17, 15) is 14.9 Å². The normalized spacial score (nSPS) is 19.6. The molecule has 2 aromatic carbocycles. The lowest BCUT2D eigenvalue weighted by Crippen LogP contribution is -2.36. The summed E-state index contributed by atoms with van der Waals surface area (Å²) in [6.45, 7) is 7.03. The van der Waals surface area contributed by atoms with Crippen molar-refractivity contribution in [2.75, 3.05) is 19.6 Å². The van der Waals surface area contributed by atoms with Gasteiger partial charge in [-0.2, -0.15) is 5.26 Å². The quantitative estimate of drug-likeness (QED) is 0.185. The van der Waals surface area contributed by atoms with Crippen molar-refractivity contribution in [1.82, 2.24) is 19.4 Å². The number of likely N-dealkylation sites (tertiary alicyclic amines) is 2. The van der Waals surface area contributed by atoms with E-state index in [-0.39, 0.29) is 63.0 Å². The van der Waals surface area contributed by atoms with Crippen LogP contribution in [-0.4, -0.2) is 56.6 Å². The lowest BCUT2D eigenvalue weighted by molar-refractivity contribution is -0.133. The number of amides is 2. The van der Waals surface area contributed by atoms with Crippen molar-refractivity contribution in [3.8, 4) is 17.2 Å². The highest BCUT2D eigenvalue weighted by Gasteiger charge is 2.42. The van der Waals surface area contributed by atoms with Crippen molar-refractivity contribution in [3.05, 3.63) is 62.6 Å². The van der Waals surface area contributed by atoms with Crippen LogP contribution in [0.2, 0.25) is 15.2 Å². The molecule has 1 saturated carbocycles. The number of halogens is 4. The van der Waals surface area contributed by atoms with Gasteiger partial charge in [0, 0.05) is 59.6 Å². The number of benzene rings is 2. The highest BCUT2D eigenvalue weighted by molar-refractivity contribution is 6.43. The first-order valence-corrected chi connectivity index (χ1v) is 18.0. The van der Waals surface area contributed by atoms with Gasteiger partial charge in [-0.1, -0.05) is 46.9 Å². The van der Waals surface area contributed by atoms with Gasteiger partial charge in [0.05, 0.1) is 33.7 Å². The van der Waals surface area contributed by atoms with Crippen molar-refractivity contribution >= 4 is 68.6 Å². The maximum absolute atomic E-state index is 17.0. The third-order valence-corrected chi connectivity index (χ3v) is 10.9. The zero-order valence-electron chi connectivity index (χ0n) is 27.7. The molecular formula is C37H37Cl3FN5O3. The molecule has 7 rings (SSSR count). The average molecular weight is 725 g/mol. The Kier molecular flexibility index (Phi) is 8.96. The molecule has 4 heterocycles. The van der Waals surface area contributed by atoms with Gasteiger partial charge in [-0.3, -0.25) is 4.79 Å². The number of hydrogen-bond acceptors (Lipinski definition) is 5. The van der Waals surface area contributed by atoms with Crippen molar-refractivity contribution < 1.29 is 18.7 Å². The minimum Gasteiger partial charge on any atom is -0.444 e. The lowest BCUT2D eigenvalue weighted by Gasteiger charge is -2.29. The van der Waals surface area contributed by atoms with Gasteiger partial charge in [0.15, 0.2) is 5.82 Å². The molecule has 4 aromatic rings. The topological polar surface area (TPSA) is 91.5 Å². The van der Waals surface area contributed by atoms with Crippen LogP contribution in [-0.2, 0) is 16.0 Å². The third kappa shape index (κ3) is 6.21. The average Bonchev–Trinajstić information content (AvgIpc) is 3.41. The maximum atomic E-state index is 17.0. The molecule has 0 spiro atoms. The number of aromatic nitrogens is 2. The van der Waals surface area contributed by atoms with Crippen molar-refractivity contribution in [2.24, 2.45) is 5.92 Å². The molecular weight excluding hydrogens is 688 g/mol. The van der Waals surface area contributed by atoms with Crippen LogP contribution in [0, 0.1) is 23.1 Å². The van der Waals surface area contributed by atoms with Crippen molar-refractivity contribution in [3.63, 3.8) is 0 Å². The molecule has 2 aliphatic heterocycles. The van der Waals surface area contributed by atoms with Crippen LogP contribution in [0.15, 0.2) is 30.3 Å². The molecule has 2 amide bonds. The second kappa shape index (κ2) is 12.9. The number of rotatable bonds is 6. The van der Waals surface area contributed by atoms with E-state index in [0.29, 0.717) is 53.5 Å². The number of nitrogens with zero attached hydrogens (tertiary/aromatic N) is 5. The molecule has 2 atom stereocenters. The van der Waals surface area contributed by atoms with Crippen LogP contribution in [0.3, 0.4) is 0 Å². The smallest absolute Gasteiger partial charge is 0.410 e. The molecule has 0 bridgehead atoms. The van der Waals surface area contributed by atoms with E-state index in [1.54, 1.807) is 23.1 Å². The number of fused-ring (bicyclic) bond motifs is 3. The predicted octanol–water partition coefficient (Wildman–Crippen LogP) is 9.67. The van der Waals surface area contributed by atoms with Gasteiger partial charge in [-0.15, -0.1) is 0 Å². The van der Waals surface area contributed by atoms with E-state index in [4.69, 9.17) is 39.5 Å². The number of carbonyl (C=O) groups excluding carboxylic acids is 2. The van der Waals surface area contributed by atoms with Crippen molar-refractivity contribution in [1.29, 1.82) is 5.26 Å². The molecule has 3 fully saturated rings. The second-order valence-corrected chi connectivity index (χ2v) is 15.5. The molecule has 2 unspecified atom stereocenters. The molecule has 256 valence electrons. The largest absolute Gasteiger partial charge is 0.444 e. The summed E-state index contributed by atoms with van der Waals surface area (Å²) in [5.41, 5.74) is 2.22. The first-order valence-electron chi connectivity index (χ1n) is 16.8. The highest BCUT2D eigenvalue weighted by atomic mass is 35.5. The maximum Gasteiger partial charge on any atom is 0.410 e. The zero-order valence-corrected chi connectivity index (χ0v) is 29.9. The van der Waals surface area contributed by atoms with E-state index in [2.05, 4.69) is 15.6 Å². The summed E-state index contributed by atoms with van der Waals surface area (Å²) in [4.78, 5) is 35.0. The first kappa shape index (κ1) is 33.9. The van der Waals surface area contributed by atoms with Gasteiger partial charge in [0.2, 0.25) is 5.91 Å². The van der Waals surface area contributed by atoms with Gasteiger partial charge in [0.1, 0.15) is 16.3 Å². The first-order chi connectivity index (χ1) is 23.4. The standard InChI is InChI=1S/C37H37Cl3FN5O3/c1-37(2,3)49-36(48)44-16-13-22(19-44)46-28(27-10-6-15-45(27)35(47)20-11-12-20)18-25-33(46)24-17-21(7-5-14-42)29(31(41)32(24)43-34(25)40)23-8-4-9-26(38)30(23)39/h4,8-9,17-18,20,22,27H,5-7,10-13,15-16,19H2,1-3H3. The summed E-state index contributed by atoms with van der Waals surface area (Å²) in [5, 5.41) is 11.3. The number of pyridine rings is 1. The molecule has 0 N–H and O–H groups in total. The summed E-state index contributed by atoms with van der Waals surface area (Å²) in [7, 11) is 0. The molecule has 3 aliphatic rings. The molecule has 0 radical (unpaired) electrons. The van der Waals surface area contributed by atoms with Crippen LogP contribution in [0.5, 0.6) is 0 Å². The molecule has 2 saturated heterocycles. The van der Waals surface area contributed by atoms with Crippen LogP contribution in [0.25, 0.3) is 32.9 Å². The number of nitriles is 1. The summed E-state index contributed by atoms with van der Waals surface area (Å²) in [6.07, 6.45) is 4.10. The fraction of sp³-hybridized carbons (Fsp3) is 0.459. The van der Waals surface area contributed by atoms with Crippen LogP contribution < -0.4 is 0 Å². The number of ether oxygens (including phenoxy) is 1. The summed E-state index contributed by atoms with van der Waals surface area (Å²) >= 11 is 19.9. The summed E-state index contributed by atoms with van der Waals surface area (Å²) < 4.78 is 24.9. The molecule has 2 aromatic heterocycles.